The highest BCUT2D eigenvalue weighted by atomic mass is 32.2. The van der Waals surface area contributed by atoms with Gasteiger partial charge in [0, 0.05) is 34.0 Å². The van der Waals surface area contributed by atoms with E-state index < -0.39 is 10.8 Å². The van der Waals surface area contributed by atoms with Gasteiger partial charge in [-0.3, -0.25) is 4.21 Å². The van der Waals surface area contributed by atoms with Crippen LogP contribution in [-0.4, -0.2) is 42.0 Å². The highest BCUT2D eigenvalue weighted by Gasteiger charge is 2.18. The van der Waals surface area contributed by atoms with Crippen LogP contribution in [0.2, 0.25) is 0 Å². The second-order valence-corrected chi connectivity index (χ2v) is 6.72. The first-order valence-corrected chi connectivity index (χ1v) is 8.17. The minimum absolute atomic E-state index is 0.399. The minimum Gasteiger partial charge on any atom is -0.382 e. The maximum atomic E-state index is 11.4. The fourth-order valence-corrected chi connectivity index (χ4v) is 3.64. The number of hydrogen-bond donors (Lipinski definition) is 1. The Hall–Kier alpha value is -1.76. The average molecular weight is 291 g/mol. The Bertz CT molecular complexity index is 603. The summed E-state index contributed by atoms with van der Waals surface area (Å²) in [5, 5.41) is 14.8. The molecule has 0 bridgehead atoms. The first-order valence-electron chi connectivity index (χ1n) is 6.68. The molecule has 0 amide bonds. The van der Waals surface area contributed by atoms with E-state index >= 15 is 0 Å². The van der Waals surface area contributed by atoms with Gasteiger partial charge in [-0.1, -0.05) is 6.07 Å². The highest BCUT2D eigenvalue weighted by Crippen LogP contribution is 2.22. The van der Waals surface area contributed by atoms with E-state index in [2.05, 4.69) is 39.9 Å². The van der Waals surface area contributed by atoms with Crippen molar-refractivity contribution in [2.75, 3.05) is 16.8 Å². The van der Waals surface area contributed by atoms with Crippen molar-refractivity contribution in [3.05, 3.63) is 30.1 Å². The fraction of sp³-hybridized carbons (Fsp3) is 0.462. The molecule has 0 saturated carbocycles. The number of aryl methyl sites for hydroxylation is 1. The first-order chi connectivity index (χ1) is 9.72. The van der Waals surface area contributed by atoms with Crippen LogP contribution in [0.5, 0.6) is 0 Å². The second-order valence-electron chi connectivity index (χ2n) is 5.02. The van der Waals surface area contributed by atoms with Crippen LogP contribution in [0.3, 0.4) is 0 Å². The molecule has 1 fully saturated rings. The third-order valence-electron chi connectivity index (χ3n) is 3.58. The summed E-state index contributed by atoms with van der Waals surface area (Å²) in [6.07, 6.45) is 3.50. The molecule has 106 valence electrons. The van der Waals surface area contributed by atoms with E-state index in [0.717, 1.165) is 35.7 Å². The highest BCUT2D eigenvalue weighted by molar-refractivity contribution is 7.85. The molecule has 6 nitrogen and oxygen atoms in total. The molecule has 0 atom stereocenters. The summed E-state index contributed by atoms with van der Waals surface area (Å²) in [7, 11) is -0.624. The van der Waals surface area contributed by atoms with Crippen LogP contribution in [0, 0.1) is 6.92 Å². The van der Waals surface area contributed by atoms with Gasteiger partial charge in [-0.25, -0.2) is 4.68 Å². The first kappa shape index (κ1) is 13.2. The summed E-state index contributed by atoms with van der Waals surface area (Å²) in [6, 6.07) is 6.50. The molecule has 1 aromatic carbocycles. The Balaban J connectivity index is 1.78. The number of tetrazole rings is 1. The van der Waals surface area contributed by atoms with E-state index in [0.29, 0.717) is 6.04 Å². The molecule has 0 unspecified atom stereocenters. The number of anilines is 1. The number of hydrogen-bond acceptors (Lipinski definition) is 5. The topological polar surface area (TPSA) is 72.7 Å². The van der Waals surface area contributed by atoms with Crippen molar-refractivity contribution in [2.24, 2.45) is 0 Å². The molecule has 20 heavy (non-hydrogen) atoms. The Kier molecular flexibility index (Phi) is 3.77. The summed E-state index contributed by atoms with van der Waals surface area (Å²) in [6.45, 7) is 2.08. The maximum Gasteiger partial charge on any atom is 0.143 e. The summed E-state index contributed by atoms with van der Waals surface area (Å²) < 4.78 is 13.0. The van der Waals surface area contributed by atoms with Crippen molar-refractivity contribution < 1.29 is 4.21 Å². The van der Waals surface area contributed by atoms with E-state index in [1.165, 1.54) is 5.56 Å². The van der Waals surface area contributed by atoms with Crippen molar-refractivity contribution in [3.8, 4) is 5.69 Å². The van der Waals surface area contributed by atoms with E-state index in [4.69, 9.17) is 0 Å². The summed E-state index contributed by atoms with van der Waals surface area (Å²) >= 11 is 0. The zero-order valence-corrected chi connectivity index (χ0v) is 12.1. The quantitative estimate of drug-likeness (QED) is 0.922. The molecule has 3 rings (SSSR count). The molecular formula is C13H17N5OS. The van der Waals surface area contributed by atoms with E-state index in [-0.39, 0.29) is 0 Å². The van der Waals surface area contributed by atoms with E-state index in [1.807, 2.05) is 6.07 Å². The number of nitrogens with one attached hydrogen (secondary N) is 1. The number of rotatable bonds is 3. The summed E-state index contributed by atoms with van der Waals surface area (Å²) in [5.74, 6) is 1.59. The molecule has 0 spiro atoms. The monoisotopic (exact) mass is 291 g/mol. The van der Waals surface area contributed by atoms with Crippen LogP contribution in [0.1, 0.15) is 18.4 Å². The van der Waals surface area contributed by atoms with E-state index in [1.54, 1.807) is 11.0 Å². The van der Waals surface area contributed by atoms with Crippen molar-refractivity contribution in [3.63, 3.8) is 0 Å². The normalized spacial score (nSPS) is 22.6. The predicted molar refractivity (Wildman–Crippen MR) is 78.4 cm³/mol. The third-order valence-corrected chi connectivity index (χ3v) is 4.96. The predicted octanol–water partition coefficient (Wildman–Crippen LogP) is 1.29. The van der Waals surface area contributed by atoms with Crippen LogP contribution in [-0.2, 0) is 10.8 Å². The molecule has 1 N–H and O–H groups in total. The van der Waals surface area contributed by atoms with Crippen molar-refractivity contribution in [1.82, 2.24) is 20.2 Å². The minimum atomic E-state index is -0.624. The van der Waals surface area contributed by atoms with Gasteiger partial charge in [0.15, 0.2) is 0 Å². The molecule has 0 radical (unpaired) electrons. The second kappa shape index (κ2) is 5.70. The van der Waals surface area contributed by atoms with E-state index in [9.17, 15) is 4.21 Å². The molecule has 2 aromatic rings. The average Bonchev–Trinajstić information content (AvgIpc) is 2.98. The van der Waals surface area contributed by atoms with Crippen LogP contribution >= 0.6 is 0 Å². The van der Waals surface area contributed by atoms with Crippen molar-refractivity contribution in [2.45, 2.75) is 25.8 Å². The molecule has 1 aromatic heterocycles. The SMILES string of the molecule is Cc1ccc(-n2cnnn2)cc1NC1CCS(=O)CC1. The fourth-order valence-electron chi connectivity index (χ4n) is 2.35. The van der Waals surface area contributed by atoms with Crippen LogP contribution in [0.25, 0.3) is 5.69 Å². The lowest BCUT2D eigenvalue weighted by atomic mass is 10.1. The van der Waals surface area contributed by atoms with Crippen LogP contribution in [0.4, 0.5) is 5.69 Å². The van der Waals surface area contributed by atoms with Gasteiger partial charge in [-0.2, -0.15) is 0 Å². The van der Waals surface area contributed by atoms with Crippen molar-refractivity contribution >= 4 is 16.5 Å². The summed E-state index contributed by atoms with van der Waals surface area (Å²) in [5.41, 5.74) is 3.21. The van der Waals surface area contributed by atoms with Gasteiger partial charge < -0.3 is 5.32 Å². The lowest BCUT2D eigenvalue weighted by Crippen LogP contribution is -2.29. The Morgan fingerprint density at radius 3 is 2.85 bits per heavy atom. The zero-order valence-electron chi connectivity index (χ0n) is 11.3. The van der Waals surface area contributed by atoms with Crippen LogP contribution < -0.4 is 5.32 Å². The Morgan fingerprint density at radius 2 is 2.15 bits per heavy atom. The number of aromatic nitrogens is 4. The smallest absolute Gasteiger partial charge is 0.143 e. The lowest BCUT2D eigenvalue weighted by Gasteiger charge is -2.24. The van der Waals surface area contributed by atoms with Gasteiger partial charge in [-0.05, 0) is 47.9 Å². The van der Waals surface area contributed by atoms with Gasteiger partial charge >= 0.3 is 0 Å². The van der Waals surface area contributed by atoms with Crippen molar-refractivity contribution in [1.29, 1.82) is 0 Å². The zero-order chi connectivity index (χ0) is 13.9. The molecule has 1 aliphatic heterocycles. The van der Waals surface area contributed by atoms with Gasteiger partial charge in [-0.15, -0.1) is 5.10 Å². The molecule has 7 heteroatoms. The lowest BCUT2D eigenvalue weighted by molar-refractivity contribution is 0.624. The number of nitrogens with zero attached hydrogens (tertiary/aromatic N) is 4. The number of benzene rings is 1. The molecule has 2 heterocycles. The maximum absolute atomic E-state index is 11.4. The standard InChI is InChI=1S/C13H17N5OS/c1-10-2-3-12(18-9-14-16-17-18)8-13(10)15-11-4-6-20(19)7-5-11/h2-3,8-9,11,15H,4-7H2,1H3. The summed E-state index contributed by atoms with van der Waals surface area (Å²) in [4.78, 5) is 0. The Labute approximate surface area is 120 Å². The largest absolute Gasteiger partial charge is 0.382 e. The molecule has 1 aliphatic rings. The van der Waals surface area contributed by atoms with Gasteiger partial charge in [0.1, 0.15) is 6.33 Å². The van der Waals surface area contributed by atoms with Gasteiger partial charge in [0.05, 0.1) is 5.69 Å². The van der Waals surface area contributed by atoms with Gasteiger partial charge in [0.25, 0.3) is 0 Å². The molecule has 0 aliphatic carbocycles. The molecular weight excluding hydrogens is 274 g/mol. The van der Waals surface area contributed by atoms with Crippen LogP contribution in [0.15, 0.2) is 24.5 Å². The Morgan fingerprint density at radius 1 is 1.35 bits per heavy atom. The molecule has 1 saturated heterocycles. The van der Waals surface area contributed by atoms with Gasteiger partial charge in [0.2, 0.25) is 0 Å². The third kappa shape index (κ3) is 2.87.